The van der Waals surface area contributed by atoms with Gasteiger partial charge in [0.25, 0.3) is 0 Å². The predicted molar refractivity (Wildman–Crippen MR) is 160 cm³/mol. The first-order valence-corrected chi connectivity index (χ1v) is 15.4. The normalized spacial score (nSPS) is 10.6. The number of hydrogen-bond acceptors (Lipinski definition) is 8. The molecule has 0 N–H and O–H groups in total. The van der Waals surface area contributed by atoms with Crippen molar-refractivity contribution >= 4 is 61.6 Å². The van der Waals surface area contributed by atoms with Crippen LogP contribution in [0.3, 0.4) is 0 Å². The summed E-state index contributed by atoms with van der Waals surface area (Å²) in [4.78, 5) is 42.1. The molecule has 0 aliphatic rings. The Morgan fingerprint density at radius 1 is 0.439 bits per heavy atom. The van der Waals surface area contributed by atoms with Crippen molar-refractivity contribution in [1.82, 2.24) is 0 Å². The molecule has 0 aromatic rings. The average Bonchev–Trinajstić information content (AvgIpc) is 2.92. The number of carbonyl (C=O) groups is 4. The number of carbonyl (C=O) groups excluding carboxylic acids is 4. The van der Waals surface area contributed by atoms with Gasteiger partial charge in [0.2, 0.25) is 0 Å². The predicted octanol–water partition coefficient (Wildman–Crippen LogP) is 5.13. The fourth-order valence-corrected chi connectivity index (χ4v) is 3.89. The molecule has 0 aliphatic heterocycles. The number of carboxylic acid groups (broad SMARTS) is 2. The Bertz CT molecular complexity index is 633. The van der Waals surface area contributed by atoms with Gasteiger partial charge >= 0.3 is 49.7 Å². The fraction of sp³-hybridized carbons (Fsp3) is 0.750. The van der Waals surface area contributed by atoms with Gasteiger partial charge in [-0.2, -0.15) is 0 Å². The van der Waals surface area contributed by atoms with Gasteiger partial charge in [0.05, 0.1) is 25.2 Å². The van der Waals surface area contributed by atoms with Crippen LogP contribution in [0.25, 0.3) is 0 Å². The van der Waals surface area contributed by atoms with Gasteiger partial charge in [0, 0.05) is 12.2 Å². The van der Waals surface area contributed by atoms with Gasteiger partial charge in [-0.15, -0.1) is 0 Å². The Hall–Kier alpha value is -1.38. The molecule has 0 rings (SSSR count). The van der Waals surface area contributed by atoms with Gasteiger partial charge in [0.1, 0.15) is 0 Å². The van der Waals surface area contributed by atoms with E-state index in [0.717, 1.165) is 37.8 Å². The van der Waals surface area contributed by atoms with Crippen molar-refractivity contribution in [3.05, 3.63) is 24.3 Å². The van der Waals surface area contributed by atoms with E-state index in [-0.39, 0.29) is 37.7 Å². The van der Waals surface area contributed by atoms with E-state index >= 15 is 0 Å². The number of unbranched alkanes of at least 4 members (excludes halogenated alkanes) is 18. The van der Waals surface area contributed by atoms with Gasteiger partial charge in [-0.05, 0) is 25.0 Å². The van der Waals surface area contributed by atoms with Crippen molar-refractivity contribution in [3.8, 4) is 0 Å². The summed E-state index contributed by atoms with van der Waals surface area (Å²) in [5.41, 5.74) is 0. The van der Waals surface area contributed by atoms with Crippen LogP contribution in [0.15, 0.2) is 24.3 Å². The third kappa shape index (κ3) is 43.2. The van der Waals surface area contributed by atoms with Crippen LogP contribution in [0.4, 0.5) is 0 Å². The second-order valence-corrected chi connectivity index (χ2v) is 10.0. The van der Waals surface area contributed by atoms with E-state index < -0.39 is 23.9 Å². The van der Waals surface area contributed by atoms with Gasteiger partial charge < -0.3 is 29.3 Å². The standard InChI is InChI=1S/2C16H28O4.Ca/c2*1-2-3-4-5-6-7-8-9-10-11-14-20-16(19)13-12-15(17)18;/h2*12-13H,2-11,14H2,1H3,(H,17,18);/q;;+2/p-2/b2*13-12+;. The fourth-order valence-electron chi connectivity index (χ4n) is 3.89. The molecule has 0 saturated heterocycles. The van der Waals surface area contributed by atoms with Crippen LogP contribution in [0.5, 0.6) is 0 Å². The maximum atomic E-state index is 11.0. The molecule has 0 heterocycles. The van der Waals surface area contributed by atoms with Crippen molar-refractivity contribution in [1.29, 1.82) is 0 Å². The van der Waals surface area contributed by atoms with Gasteiger partial charge in [-0.3, -0.25) is 0 Å². The SMILES string of the molecule is CCCCCCCCCCCCOC(=O)/C=C/C(=O)[O-].CCCCCCCCCCCCOC(=O)/C=C/C(=O)[O-].[Ca+2]. The summed E-state index contributed by atoms with van der Waals surface area (Å²) >= 11 is 0. The maximum absolute atomic E-state index is 11.0. The summed E-state index contributed by atoms with van der Waals surface area (Å²) < 4.78 is 9.70. The summed E-state index contributed by atoms with van der Waals surface area (Å²) in [6, 6.07) is 0. The zero-order chi connectivity index (χ0) is 30.1. The molecule has 0 aromatic heterocycles. The van der Waals surface area contributed by atoms with Crippen LogP contribution >= 0.6 is 0 Å². The minimum Gasteiger partial charge on any atom is -0.545 e. The molecular formula is C32H54CaO8. The molecule has 0 saturated carbocycles. The van der Waals surface area contributed by atoms with Crippen LogP contribution in [-0.4, -0.2) is 74.8 Å². The zero-order valence-corrected chi connectivity index (χ0v) is 28.0. The molecule has 0 atom stereocenters. The Morgan fingerprint density at radius 2 is 0.683 bits per heavy atom. The van der Waals surface area contributed by atoms with Crippen LogP contribution in [0.1, 0.15) is 142 Å². The van der Waals surface area contributed by atoms with E-state index in [1.54, 1.807) is 0 Å². The summed E-state index contributed by atoms with van der Waals surface area (Å²) in [5, 5.41) is 20.1. The number of carboxylic acids is 2. The third-order valence-corrected chi connectivity index (χ3v) is 6.20. The zero-order valence-electron chi connectivity index (χ0n) is 25.8. The van der Waals surface area contributed by atoms with Crippen molar-refractivity contribution < 1.29 is 38.9 Å². The minimum atomic E-state index is -1.39. The Morgan fingerprint density at radius 3 is 0.927 bits per heavy atom. The molecule has 0 bridgehead atoms. The molecule has 0 spiro atoms. The first-order chi connectivity index (χ1) is 19.3. The topological polar surface area (TPSA) is 133 Å². The number of esters is 2. The average molecular weight is 607 g/mol. The van der Waals surface area contributed by atoms with Crippen LogP contribution < -0.4 is 10.2 Å². The quantitative estimate of drug-likeness (QED) is 0.0573. The van der Waals surface area contributed by atoms with Crippen molar-refractivity contribution in [2.45, 2.75) is 142 Å². The summed E-state index contributed by atoms with van der Waals surface area (Å²) in [6.45, 7) is 5.15. The van der Waals surface area contributed by atoms with Crippen LogP contribution in [0.2, 0.25) is 0 Å². The molecule has 0 unspecified atom stereocenters. The summed E-state index contributed by atoms with van der Waals surface area (Å²) in [7, 11) is 0. The Kier molecular flexibility index (Phi) is 39.4. The van der Waals surface area contributed by atoms with Gasteiger partial charge in [0.15, 0.2) is 0 Å². The minimum absolute atomic E-state index is 0. The largest absolute Gasteiger partial charge is 2.00 e. The number of rotatable bonds is 26. The van der Waals surface area contributed by atoms with E-state index in [0.29, 0.717) is 25.4 Å². The van der Waals surface area contributed by atoms with E-state index in [2.05, 4.69) is 13.8 Å². The Balaban J connectivity index is -0.000000688. The Labute approximate surface area is 278 Å². The second kappa shape index (κ2) is 36.6. The third-order valence-electron chi connectivity index (χ3n) is 6.20. The van der Waals surface area contributed by atoms with Crippen molar-refractivity contribution in [3.63, 3.8) is 0 Å². The molecule has 232 valence electrons. The van der Waals surface area contributed by atoms with Crippen molar-refractivity contribution in [2.24, 2.45) is 0 Å². The second-order valence-electron chi connectivity index (χ2n) is 10.0. The van der Waals surface area contributed by atoms with Crippen LogP contribution in [0, 0.1) is 0 Å². The van der Waals surface area contributed by atoms with Crippen molar-refractivity contribution in [2.75, 3.05) is 13.2 Å². The number of ether oxygens (including phenoxy) is 2. The monoisotopic (exact) mass is 606 g/mol. The molecule has 0 amide bonds. The van der Waals surface area contributed by atoms with E-state index in [4.69, 9.17) is 9.47 Å². The molecule has 0 fully saturated rings. The van der Waals surface area contributed by atoms with Gasteiger partial charge in [-0.25, -0.2) is 9.59 Å². The van der Waals surface area contributed by atoms with Gasteiger partial charge in [-0.1, -0.05) is 129 Å². The number of aliphatic carboxylic acids is 2. The first kappa shape index (κ1) is 44.1. The maximum Gasteiger partial charge on any atom is 2.00 e. The number of hydrogen-bond donors (Lipinski definition) is 0. The summed E-state index contributed by atoms with van der Waals surface area (Å²) in [5.74, 6) is -4.02. The molecule has 9 heteroatoms. The van der Waals surface area contributed by atoms with E-state index in [9.17, 15) is 29.4 Å². The molecule has 8 nitrogen and oxygen atoms in total. The van der Waals surface area contributed by atoms with E-state index in [1.165, 1.54) is 103 Å². The molecule has 0 aliphatic carbocycles. The molecule has 41 heavy (non-hydrogen) atoms. The smallest absolute Gasteiger partial charge is 0.545 e. The molecular weight excluding hydrogens is 552 g/mol. The molecule has 0 aromatic carbocycles. The molecule has 0 radical (unpaired) electrons. The first-order valence-electron chi connectivity index (χ1n) is 15.4. The van der Waals surface area contributed by atoms with Crippen LogP contribution in [-0.2, 0) is 28.7 Å². The summed E-state index contributed by atoms with van der Waals surface area (Å²) in [6.07, 6.45) is 27.6. The van der Waals surface area contributed by atoms with E-state index in [1.807, 2.05) is 0 Å².